The maximum Gasteiger partial charge on any atom is 0.269 e. The third-order valence-electron chi connectivity index (χ3n) is 3.45. The molecule has 1 N–H and O–H groups in total. The number of para-hydroxylation sites is 2. The Morgan fingerprint density at radius 2 is 2.00 bits per heavy atom. The van der Waals surface area contributed by atoms with Gasteiger partial charge in [-0.2, -0.15) is 0 Å². The van der Waals surface area contributed by atoms with Gasteiger partial charge in [0.15, 0.2) is 0 Å². The summed E-state index contributed by atoms with van der Waals surface area (Å²) in [5.41, 5.74) is 0.985. The minimum absolute atomic E-state index is 0.0501. The number of fused-ring (bicyclic) bond motifs is 1. The van der Waals surface area contributed by atoms with Crippen molar-refractivity contribution in [2.24, 2.45) is 0 Å². The van der Waals surface area contributed by atoms with E-state index >= 15 is 0 Å². The second kappa shape index (κ2) is 6.70. The highest BCUT2D eigenvalue weighted by molar-refractivity contribution is 5.80. The molecule has 0 saturated carbocycles. The monoisotopic (exact) mass is 303 g/mol. The molecule has 2 rings (SSSR count). The molecule has 0 bridgehead atoms. The number of nitrogens with zero attached hydrogens (tertiary/aromatic N) is 3. The molecule has 22 heavy (non-hydrogen) atoms. The van der Waals surface area contributed by atoms with Crippen molar-refractivity contribution in [3.05, 3.63) is 40.8 Å². The summed E-state index contributed by atoms with van der Waals surface area (Å²) in [6, 6.07) is 7.16. The zero-order valence-corrected chi connectivity index (χ0v) is 13.1. The standard InChI is InChI=1S/C16H21N3O3/c1-11(2)18(9-12(3)20)16(22)10-19-14-7-5-4-6-13(14)17-8-15(19)21/h4-8,11-12,20H,9-10H2,1-3H3. The van der Waals surface area contributed by atoms with Crippen molar-refractivity contribution in [2.75, 3.05) is 6.54 Å². The summed E-state index contributed by atoms with van der Waals surface area (Å²) >= 11 is 0. The largest absolute Gasteiger partial charge is 0.392 e. The number of carbonyl (C=O) groups is 1. The average Bonchev–Trinajstić information content (AvgIpc) is 2.47. The molecule has 0 saturated heterocycles. The summed E-state index contributed by atoms with van der Waals surface area (Å²) in [5, 5.41) is 9.54. The molecule has 1 aromatic carbocycles. The Balaban J connectivity index is 2.35. The highest BCUT2D eigenvalue weighted by atomic mass is 16.3. The smallest absolute Gasteiger partial charge is 0.269 e. The molecule has 0 aliphatic carbocycles. The van der Waals surface area contributed by atoms with E-state index in [1.165, 1.54) is 10.8 Å². The Labute approximate surface area is 129 Å². The summed E-state index contributed by atoms with van der Waals surface area (Å²) in [6.07, 6.45) is 0.613. The van der Waals surface area contributed by atoms with Crippen LogP contribution in [0.25, 0.3) is 11.0 Å². The highest BCUT2D eigenvalue weighted by Gasteiger charge is 2.20. The molecule has 0 aliphatic rings. The van der Waals surface area contributed by atoms with Crippen LogP contribution < -0.4 is 5.56 Å². The van der Waals surface area contributed by atoms with Crippen LogP contribution in [-0.4, -0.2) is 44.2 Å². The van der Waals surface area contributed by atoms with Crippen LogP contribution in [0.15, 0.2) is 35.3 Å². The van der Waals surface area contributed by atoms with E-state index in [1.54, 1.807) is 30.0 Å². The minimum atomic E-state index is -0.614. The van der Waals surface area contributed by atoms with E-state index in [9.17, 15) is 14.7 Å². The van der Waals surface area contributed by atoms with Crippen LogP contribution in [0.1, 0.15) is 20.8 Å². The lowest BCUT2D eigenvalue weighted by Gasteiger charge is -2.28. The van der Waals surface area contributed by atoms with Crippen LogP contribution in [0.5, 0.6) is 0 Å². The normalized spacial score (nSPS) is 12.6. The molecule has 118 valence electrons. The molecule has 1 atom stereocenters. The number of aliphatic hydroxyl groups is 1. The van der Waals surface area contributed by atoms with Gasteiger partial charge in [0.25, 0.3) is 5.56 Å². The summed E-state index contributed by atoms with van der Waals surface area (Å²) in [6.45, 7) is 5.58. The van der Waals surface area contributed by atoms with Gasteiger partial charge in [0.1, 0.15) is 6.54 Å². The van der Waals surface area contributed by atoms with Gasteiger partial charge in [-0.05, 0) is 32.9 Å². The highest BCUT2D eigenvalue weighted by Crippen LogP contribution is 2.09. The van der Waals surface area contributed by atoms with Crippen molar-refractivity contribution in [1.82, 2.24) is 14.5 Å². The van der Waals surface area contributed by atoms with Gasteiger partial charge in [-0.25, -0.2) is 4.98 Å². The Kier molecular flexibility index (Phi) is 4.92. The SMILES string of the molecule is CC(O)CN(C(=O)Cn1c(=O)cnc2ccccc21)C(C)C. The van der Waals surface area contributed by atoms with Gasteiger partial charge in [-0.1, -0.05) is 12.1 Å². The van der Waals surface area contributed by atoms with Gasteiger partial charge >= 0.3 is 0 Å². The molecule has 1 amide bonds. The third-order valence-corrected chi connectivity index (χ3v) is 3.45. The van der Waals surface area contributed by atoms with E-state index in [0.717, 1.165) is 0 Å². The Morgan fingerprint density at radius 1 is 1.32 bits per heavy atom. The number of amides is 1. The molecule has 6 heteroatoms. The van der Waals surface area contributed by atoms with E-state index in [2.05, 4.69) is 4.98 Å². The molecule has 1 aromatic heterocycles. The Bertz CT molecular complexity index is 722. The molecule has 0 fully saturated rings. The first kappa shape index (κ1) is 16.2. The maximum absolute atomic E-state index is 12.5. The molecule has 6 nitrogen and oxygen atoms in total. The van der Waals surface area contributed by atoms with E-state index < -0.39 is 6.10 Å². The van der Waals surface area contributed by atoms with E-state index in [0.29, 0.717) is 11.0 Å². The van der Waals surface area contributed by atoms with Gasteiger partial charge in [-0.3, -0.25) is 14.2 Å². The zero-order valence-electron chi connectivity index (χ0n) is 13.1. The molecule has 2 aromatic rings. The predicted octanol–water partition coefficient (Wildman–Crippen LogP) is 1.01. The molecule has 0 radical (unpaired) electrons. The van der Waals surface area contributed by atoms with Gasteiger partial charge < -0.3 is 10.0 Å². The van der Waals surface area contributed by atoms with E-state index in [-0.39, 0.29) is 30.6 Å². The third kappa shape index (κ3) is 3.51. The Morgan fingerprint density at radius 3 is 2.64 bits per heavy atom. The van der Waals surface area contributed by atoms with Crippen LogP contribution in [0.4, 0.5) is 0 Å². The predicted molar refractivity (Wildman–Crippen MR) is 84.5 cm³/mol. The van der Waals surface area contributed by atoms with Crippen molar-refractivity contribution < 1.29 is 9.90 Å². The van der Waals surface area contributed by atoms with Crippen LogP contribution in [0.2, 0.25) is 0 Å². The van der Waals surface area contributed by atoms with Gasteiger partial charge in [-0.15, -0.1) is 0 Å². The van der Waals surface area contributed by atoms with E-state index in [4.69, 9.17) is 0 Å². The molecular weight excluding hydrogens is 282 g/mol. The summed E-state index contributed by atoms with van der Waals surface area (Å²) in [5.74, 6) is -0.200. The van der Waals surface area contributed by atoms with Crippen molar-refractivity contribution in [3.8, 4) is 0 Å². The van der Waals surface area contributed by atoms with Crippen molar-refractivity contribution >= 4 is 16.9 Å². The fourth-order valence-corrected chi connectivity index (χ4v) is 2.39. The fraction of sp³-hybridized carbons (Fsp3) is 0.438. The Hall–Kier alpha value is -2.21. The maximum atomic E-state index is 12.5. The quantitative estimate of drug-likeness (QED) is 0.894. The number of rotatable bonds is 5. The van der Waals surface area contributed by atoms with Crippen LogP contribution >= 0.6 is 0 Å². The van der Waals surface area contributed by atoms with E-state index in [1.807, 2.05) is 19.9 Å². The number of benzene rings is 1. The van der Waals surface area contributed by atoms with Gasteiger partial charge in [0.05, 0.1) is 23.3 Å². The summed E-state index contributed by atoms with van der Waals surface area (Å²) in [7, 11) is 0. The van der Waals surface area contributed by atoms with Crippen molar-refractivity contribution in [1.29, 1.82) is 0 Å². The van der Waals surface area contributed by atoms with Crippen molar-refractivity contribution in [2.45, 2.75) is 39.5 Å². The number of hydrogen-bond acceptors (Lipinski definition) is 4. The van der Waals surface area contributed by atoms with Gasteiger partial charge in [0, 0.05) is 12.6 Å². The summed E-state index contributed by atoms with van der Waals surface area (Å²) in [4.78, 5) is 30.2. The number of aromatic nitrogens is 2. The lowest BCUT2D eigenvalue weighted by Crippen LogP contribution is -2.44. The van der Waals surface area contributed by atoms with Crippen LogP contribution in [-0.2, 0) is 11.3 Å². The lowest BCUT2D eigenvalue weighted by atomic mass is 10.2. The first-order valence-electron chi connectivity index (χ1n) is 7.32. The fourth-order valence-electron chi connectivity index (χ4n) is 2.39. The second-order valence-electron chi connectivity index (χ2n) is 5.66. The van der Waals surface area contributed by atoms with Crippen molar-refractivity contribution in [3.63, 3.8) is 0 Å². The summed E-state index contributed by atoms with van der Waals surface area (Å²) < 4.78 is 1.42. The van der Waals surface area contributed by atoms with Gasteiger partial charge in [0.2, 0.25) is 5.91 Å². The molecule has 0 spiro atoms. The average molecular weight is 303 g/mol. The first-order valence-corrected chi connectivity index (χ1v) is 7.32. The molecule has 1 heterocycles. The van der Waals surface area contributed by atoms with Crippen LogP contribution in [0.3, 0.4) is 0 Å². The van der Waals surface area contributed by atoms with Crippen LogP contribution in [0, 0.1) is 0 Å². The molecule has 0 aliphatic heterocycles. The second-order valence-corrected chi connectivity index (χ2v) is 5.66. The minimum Gasteiger partial charge on any atom is -0.392 e. The first-order chi connectivity index (χ1) is 10.4. The zero-order chi connectivity index (χ0) is 16.3. The number of carbonyl (C=O) groups excluding carboxylic acids is 1. The lowest BCUT2D eigenvalue weighted by molar-refractivity contribution is -0.134. The number of hydrogen-bond donors (Lipinski definition) is 1. The molecular formula is C16H21N3O3. The number of aliphatic hydroxyl groups excluding tert-OH is 1. The molecule has 1 unspecified atom stereocenters. The topological polar surface area (TPSA) is 75.4 Å².